The molecule has 0 saturated heterocycles. The summed E-state index contributed by atoms with van der Waals surface area (Å²) in [6.07, 6.45) is 2.82. The Labute approximate surface area is 118 Å². The lowest BCUT2D eigenvalue weighted by molar-refractivity contribution is 0.261. The second-order valence-corrected chi connectivity index (χ2v) is 5.86. The fourth-order valence-electron chi connectivity index (χ4n) is 1.98. The number of hydrogen-bond donors (Lipinski definition) is 1. The van der Waals surface area contributed by atoms with Crippen molar-refractivity contribution in [1.29, 1.82) is 0 Å². The maximum atomic E-state index is 4.35. The zero-order valence-electron chi connectivity index (χ0n) is 12.1. The molecular formula is C14H22N4S. The molecule has 19 heavy (non-hydrogen) atoms. The van der Waals surface area contributed by atoms with Crippen LogP contribution in [-0.4, -0.2) is 41.0 Å². The molecule has 5 heteroatoms. The first-order chi connectivity index (χ1) is 9.13. The Morgan fingerprint density at radius 3 is 2.95 bits per heavy atom. The lowest BCUT2D eigenvalue weighted by Crippen LogP contribution is -2.32. The highest BCUT2D eigenvalue weighted by atomic mass is 32.1. The van der Waals surface area contributed by atoms with Crippen molar-refractivity contribution < 1.29 is 0 Å². The molecule has 0 spiro atoms. The molecule has 2 heterocycles. The Balaban J connectivity index is 1.99. The zero-order valence-corrected chi connectivity index (χ0v) is 12.9. The zero-order chi connectivity index (χ0) is 13.8. The largest absolute Gasteiger partial charge is 0.367 e. The number of nitrogens with one attached hydrogen (secondary N) is 1. The second kappa shape index (κ2) is 6.30. The van der Waals surface area contributed by atoms with Crippen LogP contribution < -0.4 is 5.32 Å². The molecule has 0 bridgehead atoms. The second-order valence-electron chi connectivity index (χ2n) is 4.98. The Kier molecular flexibility index (Phi) is 4.71. The van der Waals surface area contributed by atoms with Gasteiger partial charge in [-0.1, -0.05) is 6.92 Å². The third kappa shape index (κ3) is 3.22. The number of aromatic nitrogens is 2. The summed E-state index contributed by atoms with van der Waals surface area (Å²) in [5.74, 6) is 0.959. The molecule has 104 valence electrons. The number of likely N-dealkylation sites (N-methyl/N-ethyl adjacent to an activating group) is 1. The summed E-state index contributed by atoms with van der Waals surface area (Å²) >= 11 is 1.71. The monoisotopic (exact) mass is 278 g/mol. The first-order valence-corrected chi connectivity index (χ1v) is 7.64. The number of fused-ring (bicyclic) bond motifs is 1. The van der Waals surface area contributed by atoms with E-state index in [0.717, 1.165) is 29.1 Å². The van der Waals surface area contributed by atoms with E-state index < -0.39 is 0 Å². The molecule has 2 aromatic heterocycles. The molecular weight excluding hydrogens is 256 g/mol. The summed E-state index contributed by atoms with van der Waals surface area (Å²) in [6.45, 7) is 8.49. The van der Waals surface area contributed by atoms with Gasteiger partial charge in [0.05, 0.1) is 10.2 Å². The van der Waals surface area contributed by atoms with Crippen molar-refractivity contribution in [3.05, 3.63) is 17.3 Å². The molecule has 0 aliphatic heterocycles. The van der Waals surface area contributed by atoms with Crippen LogP contribution in [0.15, 0.2) is 11.7 Å². The van der Waals surface area contributed by atoms with Gasteiger partial charge < -0.3 is 10.2 Å². The molecule has 2 aromatic rings. The van der Waals surface area contributed by atoms with Gasteiger partial charge in [-0.15, -0.1) is 11.3 Å². The summed E-state index contributed by atoms with van der Waals surface area (Å²) in [5.41, 5.74) is 2.29. The highest BCUT2D eigenvalue weighted by Crippen LogP contribution is 2.28. The number of anilines is 1. The van der Waals surface area contributed by atoms with Crippen LogP contribution in [0.4, 0.5) is 5.82 Å². The Morgan fingerprint density at radius 2 is 2.21 bits per heavy atom. The standard InChI is InChI=1S/C14H22N4S/c1-5-11(3)18(4)7-6-15-14-13-12(16-9-17-14)10(2)8-19-13/h8-9,11H,5-7H2,1-4H3,(H,15,16,17). The first-order valence-electron chi connectivity index (χ1n) is 6.76. The van der Waals surface area contributed by atoms with E-state index in [0.29, 0.717) is 6.04 Å². The topological polar surface area (TPSA) is 41.0 Å². The highest BCUT2D eigenvalue weighted by Gasteiger charge is 2.09. The van der Waals surface area contributed by atoms with E-state index in [1.54, 1.807) is 17.7 Å². The molecule has 1 atom stereocenters. The van der Waals surface area contributed by atoms with E-state index in [1.807, 2.05) is 0 Å². The Morgan fingerprint density at radius 1 is 1.42 bits per heavy atom. The van der Waals surface area contributed by atoms with Crippen molar-refractivity contribution in [3.8, 4) is 0 Å². The average Bonchev–Trinajstić information content (AvgIpc) is 2.80. The molecule has 0 aliphatic carbocycles. The van der Waals surface area contributed by atoms with Crippen molar-refractivity contribution in [3.63, 3.8) is 0 Å². The summed E-state index contributed by atoms with van der Waals surface area (Å²) < 4.78 is 1.16. The summed E-state index contributed by atoms with van der Waals surface area (Å²) in [6, 6.07) is 0.621. The van der Waals surface area contributed by atoms with Crippen LogP contribution in [0.25, 0.3) is 10.2 Å². The van der Waals surface area contributed by atoms with Crippen molar-refractivity contribution in [2.75, 3.05) is 25.5 Å². The molecule has 0 aromatic carbocycles. The van der Waals surface area contributed by atoms with Gasteiger partial charge in [0.15, 0.2) is 0 Å². The van der Waals surface area contributed by atoms with E-state index in [4.69, 9.17) is 0 Å². The minimum atomic E-state index is 0.621. The summed E-state index contributed by atoms with van der Waals surface area (Å²) in [5, 5.41) is 5.56. The fourth-order valence-corrected chi connectivity index (χ4v) is 2.95. The predicted molar refractivity (Wildman–Crippen MR) is 83.0 cm³/mol. The predicted octanol–water partition coefficient (Wildman–Crippen LogP) is 3.14. The van der Waals surface area contributed by atoms with Gasteiger partial charge in [-0.3, -0.25) is 0 Å². The molecule has 0 amide bonds. The van der Waals surface area contributed by atoms with Crippen LogP contribution in [0.3, 0.4) is 0 Å². The number of thiophene rings is 1. The first kappa shape index (κ1) is 14.2. The lowest BCUT2D eigenvalue weighted by Gasteiger charge is -2.23. The Bertz CT molecular complexity index is 537. The Hall–Kier alpha value is -1.20. The normalized spacial score (nSPS) is 13.1. The molecule has 0 fully saturated rings. The number of nitrogens with zero attached hydrogens (tertiary/aromatic N) is 3. The van der Waals surface area contributed by atoms with E-state index in [9.17, 15) is 0 Å². The van der Waals surface area contributed by atoms with Crippen molar-refractivity contribution >= 4 is 27.4 Å². The summed E-state index contributed by atoms with van der Waals surface area (Å²) in [7, 11) is 2.17. The average molecular weight is 278 g/mol. The van der Waals surface area contributed by atoms with Gasteiger partial charge in [-0.2, -0.15) is 0 Å². The van der Waals surface area contributed by atoms with Crippen molar-refractivity contribution in [2.45, 2.75) is 33.2 Å². The molecule has 0 saturated carbocycles. The SMILES string of the molecule is CCC(C)N(C)CCNc1ncnc2c(C)csc12. The van der Waals surface area contributed by atoms with Crippen LogP contribution in [0.1, 0.15) is 25.8 Å². The van der Waals surface area contributed by atoms with Gasteiger partial charge in [0.25, 0.3) is 0 Å². The van der Waals surface area contributed by atoms with Crippen LogP contribution in [0.5, 0.6) is 0 Å². The smallest absolute Gasteiger partial charge is 0.147 e. The van der Waals surface area contributed by atoms with E-state index >= 15 is 0 Å². The van der Waals surface area contributed by atoms with Gasteiger partial charge in [0, 0.05) is 19.1 Å². The minimum Gasteiger partial charge on any atom is -0.367 e. The van der Waals surface area contributed by atoms with Crippen LogP contribution in [0.2, 0.25) is 0 Å². The van der Waals surface area contributed by atoms with Gasteiger partial charge >= 0.3 is 0 Å². The van der Waals surface area contributed by atoms with Gasteiger partial charge in [-0.05, 0) is 38.3 Å². The van der Waals surface area contributed by atoms with Crippen LogP contribution >= 0.6 is 11.3 Å². The highest BCUT2D eigenvalue weighted by molar-refractivity contribution is 7.18. The molecule has 1 N–H and O–H groups in total. The molecule has 2 rings (SSSR count). The van der Waals surface area contributed by atoms with Crippen LogP contribution in [-0.2, 0) is 0 Å². The maximum Gasteiger partial charge on any atom is 0.147 e. The molecule has 4 nitrogen and oxygen atoms in total. The van der Waals surface area contributed by atoms with Gasteiger partial charge in [-0.25, -0.2) is 9.97 Å². The van der Waals surface area contributed by atoms with E-state index in [2.05, 4.69) is 53.4 Å². The van der Waals surface area contributed by atoms with Crippen molar-refractivity contribution in [2.24, 2.45) is 0 Å². The number of hydrogen-bond acceptors (Lipinski definition) is 5. The van der Waals surface area contributed by atoms with Gasteiger partial charge in [0.1, 0.15) is 12.1 Å². The summed E-state index contributed by atoms with van der Waals surface area (Å²) in [4.78, 5) is 11.1. The van der Waals surface area contributed by atoms with Gasteiger partial charge in [0.2, 0.25) is 0 Å². The lowest BCUT2D eigenvalue weighted by atomic mass is 10.2. The number of aryl methyl sites for hydroxylation is 1. The third-order valence-corrected chi connectivity index (χ3v) is 4.72. The molecule has 0 aliphatic rings. The quantitative estimate of drug-likeness (QED) is 0.881. The fraction of sp³-hybridized carbons (Fsp3) is 0.571. The van der Waals surface area contributed by atoms with E-state index in [-0.39, 0.29) is 0 Å². The molecule has 1 unspecified atom stereocenters. The third-order valence-electron chi connectivity index (χ3n) is 3.63. The number of rotatable bonds is 6. The maximum absolute atomic E-state index is 4.35. The van der Waals surface area contributed by atoms with Crippen molar-refractivity contribution in [1.82, 2.24) is 14.9 Å². The van der Waals surface area contributed by atoms with E-state index in [1.165, 1.54) is 12.0 Å². The van der Waals surface area contributed by atoms with Crippen LogP contribution in [0, 0.1) is 6.92 Å². The minimum absolute atomic E-state index is 0.621. The molecule has 0 radical (unpaired) electrons.